The number of aryl methyl sites for hydroxylation is 1. The third-order valence-electron chi connectivity index (χ3n) is 13.0. The van der Waals surface area contributed by atoms with E-state index in [1.54, 1.807) is 30.3 Å². The molecule has 4 atom stereocenters. The van der Waals surface area contributed by atoms with Gasteiger partial charge in [0, 0.05) is 74.3 Å². The zero-order valence-corrected chi connectivity index (χ0v) is 38.5. The van der Waals surface area contributed by atoms with Crippen LogP contribution in [0.2, 0.25) is 0 Å². The van der Waals surface area contributed by atoms with E-state index in [4.69, 9.17) is 14.5 Å². The lowest BCUT2D eigenvalue weighted by molar-refractivity contribution is -0.155. The molecule has 0 unspecified atom stereocenters. The van der Waals surface area contributed by atoms with E-state index in [0.717, 1.165) is 51.0 Å². The number of nitrogens with zero attached hydrogens (tertiary/aromatic N) is 5. The van der Waals surface area contributed by atoms with Crippen LogP contribution in [0.1, 0.15) is 70.6 Å². The Balaban J connectivity index is 1.29. The number of benzene rings is 2. The number of pyridine rings is 1. The molecule has 2 saturated heterocycles. The summed E-state index contributed by atoms with van der Waals surface area (Å²) < 4.78 is 14.0. The average molecular weight is 876 g/mol. The minimum Gasteiger partial charge on any atom is -0.508 e. The molecule has 14 heteroatoms. The number of hydrogen-bond acceptors (Lipinski definition) is 10. The van der Waals surface area contributed by atoms with Crippen LogP contribution in [0.15, 0.2) is 67.4 Å². The molecule has 7 rings (SSSR count). The summed E-state index contributed by atoms with van der Waals surface area (Å²) in [5, 5.41) is 16.9. The first-order chi connectivity index (χ1) is 30.6. The Morgan fingerprint density at radius 2 is 1.92 bits per heavy atom. The minimum atomic E-state index is -1.04. The summed E-state index contributed by atoms with van der Waals surface area (Å²) in [5.74, 6) is -1.14. The molecule has 2 aromatic carbocycles. The van der Waals surface area contributed by atoms with E-state index >= 15 is 0 Å². The first-order valence-corrected chi connectivity index (χ1v) is 22.7. The number of rotatable bonds is 11. The molecule has 0 aliphatic carbocycles. The number of likely N-dealkylation sites (N-methyl/N-ethyl adjacent to an activating group) is 1. The lowest BCUT2D eigenvalue weighted by Crippen LogP contribution is -2.62. The highest BCUT2D eigenvalue weighted by molar-refractivity contribution is 5.95. The maximum absolute atomic E-state index is 14.7. The van der Waals surface area contributed by atoms with Crippen molar-refractivity contribution < 1.29 is 33.8 Å². The molecular formula is C50H65N7O7. The number of hydrogen-bond donors (Lipinski definition) is 3. The van der Waals surface area contributed by atoms with Gasteiger partial charge in [-0.15, -0.1) is 0 Å². The van der Waals surface area contributed by atoms with E-state index < -0.39 is 35.4 Å². The van der Waals surface area contributed by atoms with Crippen LogP contribution in [0.3, 0.4) is 0 Å². The van der Waals surface area contributed by atoms with Gasteiger partial charge < -0.3 is 29.4 Å². The molecule has 2 fully saturated rings. The van der Waals surface area contributed by atoms with Gasteiger partial charge in [-0.1, -0.05) is 52.5 Å². The van der Waals surface area contributed by atoms with E-state index in [9.17, 15) is 24.3 Å². The molecule has 0 spiro atoms. The van der Waals surface area contributed by atoms with Gasteiger partial charge in [-0.3, -0.25) is 34.1 Å². The van der Waals surface area contributed by atoms with Crippen molar-refractivity contribution in [3.8, 4) is 28.3 Å². The molecular weight excluding hydrogens is 811 g/mol. The Hall–Kier alpha value is -5.57. The van der Waals surface area contributed by atoms with Gasteiger partial charge in [-0.05, 0) is 110 Å². The summed E-state index contributed by atoms with van der Waals surface area (Å²) in [6.07, 6.45) is 5.62. The molecule has 3 aliphatic heterocycles. The van der Waals surface area contributed by atoms with Crippen LogP contribution in [0.25, 0.3) is 33.4 Å². The molecule has 342 valence electrons. The van der Waals surface area contributed by atoms with Crippen LogP contribution in [0, 0.1) is 17.3 Å². The summed E-state index contributed by atoms with van der Waals surface area (Å²) in [6, 6.07) is 13.2. The van der Waals surface area contributed by atoms with Gasteiger partial charge in [0.2, 0.25) is 11.8 Å². The van der Waals surface area contributed by atoms with Crippen molar-refractivity contribution in [3.05, 3.63) is 84.1 Å². The van der Waals surface area contributed by atoms with Crippen molar-refractivity contribution in [3.63, 3.8) is 0 Å². The highest BCUT2D eigenvalue weighted by atomic mass is 16.5. The average Bonchev–Trinajstić information content (AvgIpc) is 3.86. The summed E-state index contributed by atoms with van der Waals surface area (Å²) in [5.41, 5.74) is 9.77. The smallest absolute Gasteiger partial charge is 0.324 e. The first kappa shape index (κ1) is 46.4. The Kier molecular flexibility index (Phi) is 14.3. The molecule has 4 aromatic rings. The zero-order chi connectivity index (χ0) is 45.9. The number of cyclic esters (lactones) is 1. The number of likely N-dealkylation sites (tertiary alicyclic amines) is 1. The Morgan fingerprint density at radius 1 is 1.12 bits per heavy atom. The number of carbonyl (C=O) groups is 4. The van der Waals surface area contributed by atoms with Gasteiger partial charge in [0.15, 0.2) is 0 Å². The highest BCUT2D eigenvalue weighted by Gasteiger charge is 2.38. The number of nitrogens with one attached hydrogen (secondary N) is 2. The van der Waals surface area contributed by atoms with E-state index in [-0.39, 0.29) is 42.4 Å². The third kappa shape index (κ3) is 10.0. The van der Waals surface area contributed by atoms with Gasteiger partial charge in [0.05, 0.1) is 30.6 Å². The maximum atomic E-state index is 14.7. The fourth-order valence-electron chi connectivity index (χ4n) is 10.0. The van der Waals surface area contributed by atoms with Crippen molar-refractivity contribution >= 4 is 34.6 Å². The van der Waals surface area contributed by atoms with Crippen molar-refractivity contribution in [1.29, 1.82) is 0 Å². The molecule has 5 heterocycles. The number of aromatic nitrogens is 2. The number of carbonyl (C=O) groups excluding carboxylic acids is 4. The lowest BCUT2D eigenvalue weighted by atomic mass is 9.84. The monoisotopic (exact) mass is 875 g/mol. The second kappa shape index (κ2) is 19.7. The van der Waals surface area contributed by atoms with Crippen LogP contribution in [0.5, 0.6) is 5.75 Å². The molecule has 6 bridgehead atoms. The molecule has 2 aromatic heterocycles. The second-order valence-electron chi connectivity index (χ2n) is 18.9. The largest absolute Gasteiger partial charge is 0.508 e. The van der Waals surface area contributed by atoms with Crippen LogP contribution in [0.4, 0.5) is 0 Å². The number of fused-ring (bicyclic) bond motifs is 6. The second-order valence-corrected chi connectivity index (χ2v) is 18.9. The van der Waals surface area contributed by atoms with E-state index in [1.165, 1.54) is 11.1 Å². The predicted molar refractivity (Wildman–Crippen MR) is 247 cm³/mol. The molecule has 3 N–H and O–H groups in total. The lowest BCUT2D eigenvalue weighted by Gasteiger charge is -2.37. The van der Waals surface area contributed by atoms with Crippen LogP contribution in [-0.2, 0) is 54.6 Å². The fraction of sp³-hybridized carbons (Fsp3) is 0.500. The SMILES string of the molecule is C=CC(=O)N1CC[C@H](CN(C)[C@H](C(=O)N[C@H]2Cc3cc(O)cc(c3)-c3ccc4c(c3)c(c(-c3ncccc3COC)n4CC)CC(C)(C)COC(=O)[C@@H]3CCCN(N3)C2=O)C(C)C)C1. The fourth-order valence-corrected chi connectivity index (χ4v) is 10.0. The van der Waals surface area contributed by atoms with Gasteiger partial charge in [0.25, 0.3) is 5.91 Å². The van der Waals surface area contributed by atoms with Crippen molar-refractivity contribution in [1.82, 2.24) is 35.1 Å². The van der Waals surface area contributed by atoms with Crippen molar-refractivity contribution in [2.45, 2.75) is 98.0 Å². The van der Waals surface area contributed by atoms with E-state index in [2.05, 4.69) is 54.8 Å². The Morgan fingerprint density at radius 3 is 2.66 bits per heavy atom. The molecule has 0 radical (unpaired) electrons. The topological polar surface area (TPSA) is 159 Å². The summed E-state index contributed by atoms with van der Waals surface area (Å²) in [6.45, 7) is 17.2. The standard InChI is InChI=1S/C50H65N7O7/c1-9-43(59)55-20-17-32(28-55)27-54(7)45(31(3)4)47(60)52-41-23-33-21-36(24-37(58)22-33)34-15-16-42-38(25-34)39(46(56(42)10-2)44-35(29-63-8)13-11-18-51-44)26-50(5,6)30-64-49(62)40-14-12-19-57(53-40)48(41)61/h9,11,13,15-16,18,21-22,24-25,31-32,40-41,45,53,58H,1,10,12,14,17,19-20,23,26-30H2,2-8H3,(H,52,60)/t32-,40+,41+,45+/m1/s1. The number of esters is 1. The number of phenols is 1. The van der Waals surface area contributed by atoms with E-state index in [0.29, 0.717) is 64.2 Å². The van der Waals surface area contributed by atoms with Gasteiger partial charge in [-0.25, -0.2) is 5.43 Å². The third-order valence-corrected chi connectivity index (χ3v) is 13.0. The first-order valence-electron chi connectivity index (χ1n) is 22.7. The van der Waals surface area contributed by atoms with Crippen LogP contribution in [-0.4, -0.2) is 118 Å². The number of methoxy groups -OCH3 is 1. The Bertz CT molecular complexity index is 2390. The van der Waals surface area contributed by atoms with Crippen molar-refractivity contribution in [2.24, 2.45) is 17.3 Å². The Labute approximate surface area is 376 Å². The number of phenolic OH excluding ortho intramolecular Hbond substituents is 1. The molecule has 64 heavy (non-hydrogen) atoms. The predicted octanol–water partition coefficient (Wildman–Crippen LogP) is 5.88. The van der Waals surface area contributed by atoms with E-state index in [1.807, 2.05) is 50.1 Å². The zero-order valence-electron chi connectivity index (χ0n) is 38.5. The normalized spacial score (nSPS) is 20.9. The van der Waals surface area contributed by atoms with Gasteiger partial charge in [0.1, 0.15) is 17.8 Å². The molecule has 3 aliphatic rings. The maximum Gasteiger partial charge on any atom is 0.324 e. The van der Waals surface area contributed by atoms with Crippen LogP contribution < -0.4 is 10.7 Å². The summed E-state index contributed by atoms with van der Waals surface area (Å²) in [4.78, 5) is 64.1. The number of aromatic hydroxyl groups is 1. The highest BCUT2D eigenvalue weighted by Crippen LogP contribution is 2.41. The summed E-state index contributed by atoms with van der Waals surface area (Å²) >= 11 is 0. The number of ether oxygens (including phenoxy) is 2. The minimum absolute atomic E-state index is 0.0321. The number of hydrazine groups is 1. The molecule has 0 saturated carbocycles. The molecule has 14 nitrogen and oxygen atoms in total. The molecule has 3 amide bonds. The van der Waals surface area contributed by atoms with Gasteiger partial charge in [-0.2, -0.15) is 0 Å². The van der Waals surface area contributed by atoms with Crippen molar-refractivity contribution in [2.75, 3.05) is 46.9 Å². The van der Waals surface area contributed by atoms with Crippen LogP contribution >= 0.6 is 0 Å². The van der Waals surface area contributed by atoms with Gasteiger partial charge >= 0.3 is 5.97 Å². The number of amides is 3. The summed E-state index contributed by atoms with van der Waals surface area (Å²) in [7, 11) is 3.59. The quantitative estimate of drug-likeness (QED) is 0.123.